The van der Waals surface area contributed by atoms with Gasteiger partial charge in [0.1, 0.15) is 0 Å². The van der Waals surface area contributed by atoms with Crippen LogP contribution in [0.4, 0.5) is 0 Å². The molecule has 4 nitrogen and oxygen atoms in total. The van der Waals surface area contributed by atoms with Crippen molar-refractivity contribution in [3.8, 4) is 11.4 Å². The van der Waals surface area contributed by atoms with Crippen LogP contribution < -0.4 is 0 Å². The number of nitrogens with zero attached hydrogens (tertiary/aromatic N) is 3. The third-order valence-corrected chi connectivity index (χ3v) is 4.94. The van der Waals surface area contributed by atoms with Crippen LogP contribution in [-0.4, -0.2) is 27.1 Å². The molecule has 22 heavy (non-hydrogen) atoms. The average molecular weight is 297 g/mol. The van der Waals surface area contributed by atoms with E-state index in [1.54, 1.807) is 0 Å². The minimum absolute atomic E-state index is 0.641. The van der Waals surface area contributed by atoms with Crippen LogP contribution in [0.2, 0.25) is 0 Å². The van der Waals surface area contributed by atoms with Crippen LogP contribution in [0.5, 0.6) is 0 Å². The smallest absolute Gasteiger partial charge is 0.241 e. The summed E-state index contributed by atoms with van der Waals surface area (Å²) in [5.41, 5.74) is 2.26. The van der Waals surface area contributed by atoms with Gasteiger partial charge in [0.05, 0.1) is 6.54 Å². The van der Waals surface area contributed by atoms with Gasteiger partial charge in [-0.1, -0.05) is 35.0 Å². The zero-order valence-corrected chi connectivity index (χ0v) is 13.3. The van der Waals surface area contributed by atoms with E-state index >= 15 is 0 Å². The van der Waals surface area contributed by atoms with Crippen molar-refractivity contribution in [2.45, 2.75) is 58.2 Å². The van der Waals surface area contributed by atoms with Crippen molar-refractivity contribution < 1.29 is 4.52 Å². The first kappa shape index (κ1) is 13.9. The number of aryl methyl sites for hydroxylation is 1. The molecule has 1 unspecified atom stereocenters. The van der Waals surface area contributed by atoms with Crippen molar-refractivity contribution in [2.75, 3.05) is 0 Å². The standard InChI is InChI=1S/C18H23N3O/c1-12-3-5-15(6-4-12)18-19-17(22-20-18)11-21(16-9-10-16)13(2)14-7-8-14/h3-6,13-14,16H,7-11H2,1-2H3. The van der Waals surface area contributed by atoms with Gasteiger partial charge in [-0.25, -0.2) is 0 Å². The molecule has 0 spiro atoms. The first-order chi connectivity index (χ1) is 10.7. The second-order valence-corrected chi connectivity index (χ2v) is 6.86. The van der Waals surface area contributed by atoms with Crippen molar-refractivity contribution in [3.63, 3.8) is 0 Å². The maximum absolute atomic E-state index is 5.51. The monoisotopic (exact) mass is 297 g/mol. The fourth-order valence-electron chi connectivity index (χ4n) is 3.16. The van der Waals surface area contributed by atoms with Crippen LogP contribution in [-0.2, 0) is 6.54 Å². The summed E-state index contributed by atoms with van der Waals surface area (Å²) in [6, 6.07) is 9.63. The summed E-state index contributed by atoms with van der Waals surface area (Å²) in [6.07, 6.45) is 5.39. The molecule has 0 amide bonds. The number of aromatic nitrogens is 2. The summed E-state index contributed by atoms with van der Waals surface area (Å²) in [4.78, 5) is 7.18. The highest BCUT2D eigenvalue weighted by Crippen LogP contribution is 2.40. The lowest BCUT2D eigenvalue weighted by Gasteiger charge is -2.27. The van der Waals surface area contributed by atoms with Gasteiger partial charge < -0.3 is 4.52 Å². The topological polar surface area (TPSA) is 42.2 Å². The minimum Gasteiger partial charge on any atom is -0.338 e. The van der Waals surface area contributed by atoms with E-state index < -0.39 is 0 Å². The van der Waals surface area contributed by atoms with Crippen molar-refractivity contribution >= 4 is 0 Å². The quantitative estimate of drug-likeness (QED) is 0.813. The lowest BCUT2D eigenvalue weighted by molar-refractivity contribution is 0.149. The highest BCUT2D eigenvalue weighted by molar-refractivity contribution is 5.54. The average Bonchev–Trinajstić information content (AvgIpc) is 3.43. The van der Waals surface area contributed by atoms with Gasteiger partial charge in [-0.15, -0.1) is 0 Å². The second kappa shape index (κ2) is 5.51. The molecule has 0 aliphatic heterocycles. The van der Waals surface area contributed by atoms with Crippen LogP contribution in [0.1, 0.15) is 44.1 Å². The lowest BCUT2D eigenvalue weighted by atomic mass is 10.1. The SMILES string of the molecule is Cc1ccc(-c2noc(CN(C3CC3)C(C)C3CC3)n2)cc1. The molecule has 116 valence electrons. The van der Waals surface area contributed by atoms with Gasteiger partial charge in [0.25, 0.3) is 0 Å². The fraction of sp³-hybridized carbons (Fsp3) is 0.556. The molecular weight excluding hydrogens is 274 g/mol. The van der Waals surface area contributed by atoms with E-state index in [1.165, 1.54) is 31.2 Å². The van der Waals surface area contributed by atoms with Gasteiger partial charge in [0.2, 0.25) is 11.7 Å². The zero-order chi connectivity index (χ0) is 15.1. The Hall–Kier alpha value is -1.68. The number of hydrogen-bond donors (Lipinski definition) is 0. The van der Waals surface area contributed by atoms with Crippen molar-refractivity contribution in [3.05, 3.63) is 35.7 Å². The zero-order valence-electron chi connectivity index (χ0n) is 13.3. The highest BCUT2D eigenvalue weighted by atomic mass is 16.5. The molecule has 2 aromatic rings. The minimum atomic E-state index is 0.641. The Morgan fingerprint density at radius 2 is 1.91 bits per heavy atom. The molecule has 2 saturated carbocycles. The van der Waals surface area contributed by atoms with E-state index in [0.29, 0.717) is 11.9 Å². The summed E-state index contributed by atoms with van der Waals surface area (Å²) in [5.74, 6) is 2.32. The molecule has 1 aromatic heterocycles. The van der Waals surface area contributed by atoms with E-state index in [0.717, 1.165) is 30.0 Å². The maximum atomic E-state index is 5.51. The number of hydrogen-bond acceptors (Lipinski definition) is 4. The molecule has 2 aliphatic carbocycles. The van der Waals surface area contributed by atoms with Crippen LogP contribution in [0.15, 0.2) is 28.8 Å². The first-order valence-corrected chi connectivity index (χ1v) is 8.36. The normalized spacial score (nSPS) is 19.6. The highest BCUT2D eigenvalue weighted by Gasteiger charge is 2.39. The molecule has 4 rings (SSSR count). The summed E-state index contributed by atoms with van der Waals surface area (Å²) in [7, 11) is 0. The van der Waals surface area contributed by atoms with Crippen LogP contribution in [0, 0.1) is 12.8 Å². The second-order valence-electron chi connectivity index (χ2n) is 6.86. The third kappa shape index (κ3) is 2.93. The van der Waals surface area contributed by atoms with Gasteiger partial charge in [-0.05, 0) is 45.4 Å². The Labute approximate surface area is 131 Å². The Kier molecular flexibility index (Phi) is 3.49. The summed E-state index contributed by atoms with van der Waals surface area (Å²) < 4.78 is 5.51. The van der Waals surface area contributed by atoms with Gasteiger partial charge in [0, 0.05) is 17.6 Å². The van der Waals surface area contributed by atoms with Gasteiger partial charge in [-0.2, -0.15) is 4.98 Å². The van der Waals surface area contributed by atoms with Crippen LogP contribution in [0.3, 0.4) is 0 Å². The van der Waals surface area contributed by atoms with E-state index in [9.17, 15) is 0 Å². The first-order valence-electron chi connectivity index (χ1n) is 8.36. The number of benzene rings is 1. The Morgan fingerprint density at radius 3 is 2.55 bits per heavy atom. The molecule has 1 atom stereocenters. The molecule has 0 saturated heterocycles. The molecule has 2 fully saturated rings. The largest absolute Gasteiger partial charge is 0.338 e. The Morgan fingerprint density at radius 1 is 1.18 bits per heavy atom. The van der Waals surface area contributed by atoms with E-state index in [1.807, 2.05) is 0 Å². The van der Waals surface area contributed by atoms with Crippen LogP contribution >= 0.6 is 0 Å². The van der Waals surface area contributed by atoms with E-state index in [2.05, 4.69) is 53.2 Å². The van der Waals surface area contributed by atoms with E-state index in [4.69, 9.17) is 4.52 Å². The van der Waals surface area contributed by atoms with Gasteiger partial charge in [-0.3, -0.25) is 4.90 Å². The molecule has 2 aliphatic rings. The van der Waals surface area contributed by atoms with Gasteiger partial charge >= 0.3 is 0 Å². The van der Waals surface area contributed by atoms with E-state index in [-0.39, 0.29) is 0 Å². The molecule has 1 heterocycles. The fourth-order valence-corrected chi connectivity index (χ4v) is 3.16. The summed E-state index contributed by atoms with van der Waals surface area (Å²) in [5, 5.41) is 4.16. The van der Waals surface area contributed by atoms with Crippen molar-refractivity contribution in [1.82, 2.24) is 15.0 Å². The Balaban J connectivity index is 1.49. The molecule has 0 N–H and O–H groups in total. The van der Waals surface area contributed by atoms with Crippen LogP contribution in [0.25, 0.3) is 11.4 Å². The predicted octanol–water partition coefficient (Wildman–Crippen LogP) is 3.81. The Bertz CT molecular complexity index is 641. The predicted molar refractivity (Wildman–Crippen MR) is 85.2 cm³/mol. The third-order valence-electron chi connectivity index (χ3n) is 4.94. The lowest BCUT2D eigenvalue weighted by Crippen LogP contribution is -2.36. The molecular formula is C18H23N3O. The molecule has 1 aromatic carbocycles. The molecule has 0 bridgehead atoms. The summed E-state index contributed by atoms with van der Waals surface area (Å²) in [6.45, 7) is 5.23. The molecule has 0 radical (unpaired) electrons. The molecule has 4 heteroatoms. The maximum Gasteiger partial charge on any atom is 0.241 e. The van der Waals surface area contributed by atoms with Crippen molar-refractivity contribution in [1.29, 1.82) is 0 Å². The van der Waals surface area contributed by atoms with Crippen molar-refractivity contribution in [2.24, 2.45) is 5.92 Å². The number of rotatable bonds is 6. The van der Waals surface area contributed by atoms with Gasteiger partial charge in [0.15, 0.2) is 0 Å². The summed E-state index contributed by atoms with van der Waals surface area (Å²) >= 11 is 0.